The van der Waals surface area contributed by atoms with Gasteiger partial charge in [-0.05, 0) is 38.5 Å². The van der Waals surface area contributed by atoms with Crippen LogP contribution in [0.3, 0.4) is 0 Å². The van der Waals surface area contributed by atoms with E-state index >= 15 is 0 Å². The van der Waals surface area contributed by atoms with Crippen LogP contribution in [0.15, 0.2) is 24.5 Å². The molecule has 0 unspecified atom stereocenters. The zero-order valence-electron chi connectivity index (χ0n) is 11.6. The Balaban J connectivity index is 2.29. The molecule has 2 aromatic rings. The quantitative estimate of drug-likeness (QED) is 0.932. The molecule has 1 aromatic heterocycles. The van der Waals surface area contributed by atoms with Gasteiger partial charge in [-0.15, -0.1) is 0 Å². The molecule has 0 aliphatic heterocycles. The molecular formula is C14H16ClN3O2. The third-order valence-electron chi connectivity index (χ3n) is 2.45. The topological polar surface area (TPSA) is 70.3 Å². The maximum absolute atomic E-state index is 6.12. The van der Waals surface area contributed by atoms with Crippen molar-refractivity contribution in [3.8, 4) is 17.5 Å². The molecule has 2 N–H and O–H groups in total. The average molecular weight is 294 g/mol. The Morgan fingerprint density at radius 1 is 1.20 bits per heavy atom. The summed E-state index contributed by atoms with van der Waals surface area (Å²) < 4.78 is 11.1. The molecule has 1 heterocycles. The Morgan fingerprint density at radius 3 is 2.55 bits per heavy atom. The minimum Gasteiger partial charge on any atom is -0.473 e. The second-order valence-electron chi connectivity index (χ2n) is 4.60. The number of rotatable bonds is 4. The normalized spacial score (nSPS) is 10.7. The van der Waals surface area contributed by atoms with Crippen LogP contribution in [0.1, 0.15) is 19.4 Å². The number of aromatic nitrogens is 2. The van der Waals surface area contributed by atoms with E-state index < -0.39 is 0 Å². The van der Waals surface area contributed by atoms with Gasteiger partial charge in [0.25, 0.3) is 0 Å². The first-order chi connectivity index (χ1) is 9.47. The summed E-state index contributed by atoms with van der Waals surface area (Å²) in [5, 5.41) is 0.495. The van der Waals surface area contributed by atoms with Gasteiger partial charge in [-0.25, -0.2) is 0 Å². The number of hydrogen-bond donors (Lipinski definition) is 1. The van der Waals surface area contributed by atoms with Crippen molar-refractivity contribution in [2.45, 2.75) is 26.9 Å². The predicted octanol–water partition coefficient (Wildman–Crippen LogP) is 3.60. The highest BCUT2D eigenvalue weighted by atomic mass is 35.5. The van der Waals surface area contributed by atoms with Gasteiger partial charge >= 0.3 is 0 Å². The van der Waals surface area contributed by atoms with Crippen molar-refractivity contribution in [1.29, 1.82) is 0 Å². The third-order valence-corrected chi connectivity index (χ3v) is 2.75. The molecule has 0 amide bonds. The lowest BCUT2D eigenvalue weighted by Crippen LogP contribution is -2.10. The lowest BCUT2D eigenvalue weighted by atomic mass is 10.2. The molecule has 6 heteroatoms. The molecule has 0 atom stereocenters. The second-order valence-corrected chi connectivity index (χ2v) is 5.01. The minimum absolute atomic E-state index is 0.0389. The van der Waals surface area contributed by atoms with E-state index in [1.54, 1.807) is 12.1 Å². The van der Waals surface area contributed by atoms with Gasteiger partial charge in [0.05, 0.1) is 11.1 Å². The first kappa shape index (κ1) is 14.4. The van der Waals surface area contributed by atoms with Gasteiger partial charge < -0.3 is 15.2 Å². The Kier molecular flexibility index (Phi) is 4.29. The monoisotopic (exact) mass is 293 g/mol. The van der Waals surface area contributed by atoms with Gasteiger partial charge in [0.2, 0.25) is 11.8 Å². The van der Waals surface area contributed by atoms with E-state index in [9.17, 15) is 0 Å². The molecule has 0 spiro atoms. The lowest BCUT2D eigenvalue weighted by molar-refractivity contribution is 0.233. The van der Waals surface area contributed by atoms with E-state index in [0.717, 1.165) is 5.56 Å². The van der Waals surface area contributed by atoms with Gasteiger partial charge in [0.1, 0.15) is 12.1 Å². The fraction of sp³-hybridized carbons (Fsp3) is 0.286. The SMILES string of the molecule is Cc1ccc(Oc2ncnc(OC(C)C)c2N)c(Cl)c1. The lowest BCUT2D eigenvalue weighted by Gasteiger charge is -2.13. The summed E-state index contributed by atoms with van der Waals surface area (Å²) >= 11 is 6.12. The van der Waals surface area contributed by atoms with E-state index in [0.29, 0.717) is 16.7 Å². The Hall–Kier alpha value is -2.01. The molecule has 20 heavy (non-hydrogen) atoms. The third kappa shape index (κ3) is 3.30. The molecule has 106 valence electrons. The molecule has 0 bridgehead atoms. The zero-order chi connectivity index (χ0) is 14.7. The van der Waals surface area contributed by atoms with E-state index in [1.165, 1.54) is 6.33 Å². The first-order valence-electron chi connectivity index (χ1n) is 6.18. The van der Waals surface area contributed by atoms with Crippen LogP contribution in [-0.4, -0.2) is 16.1 Å². The molecule has 5 nitrogen and oxygen atoms in total. The molecule has 1 aromatic carbocycles. The summed E-state index contributed by atoms with van der Waals surface area (Å²) in [5.41, 5.74) is 7.23. The average Bonchev–Trinajstić information content (AvgIpc) is 2.36. The summed E-state index contributed by atoms with van der Waals surface area (Å²) in [7, 11) is 0. The summed E-state index contributed by atoms with van der Waals surface area (Å²) in [6.07, 6.45) is 1.30. The summed E-state index contributed by atoms with van der Waals surface area (Å²) in [6, 6.07) is 5.46. The summed E-state index contributed by atoms with van der Waals surface area (Å²) in [5.74, 6) is 1.01. The van der Waals surface area contributed by atoms with Crippen LogP contribution in [0.25, 0.3) is 0 Å². The van der Waals surface area contributed by atoms with Gasteiger partial charge in [-0.2, -0.15) is 9.97 Å². The number of ether oxygens (including phenoxy) is 2. The van der Waals surface area contributed by atoms with Crippen molar-refractivity contribution >= 4 is 17.3 Å². The smallest absolute Gasteiger partial charge is 0.249 e. The molecule has 0 saturated carbocycles. The van der Waals surface area contributed by atoms with E-state index in [2.05, 4.69) is 9.97 Å². The van der Waals surface area contributed by atoms with Crippen molar-refractivity contribution in [2.75, 3.05) is 5.73 Å². The Labute approximate surface area is 122 Å². The highest BCUT2D eigenvalue weighted by molar-refractivity contribution is 6.32. The number of nitrogens with zero attached hydrogens (tertiary/aromatic N) is 2. The molecule has 0 aliphatic carbocycles. The Morgan fingerprint density at radius 2 is 1.90 bits per heavy atom. The minimum atomic E-state index is -0.0389. The number of benzene rings is 1. The number of hydrogen-bond acceptors (Lipinski definition) is 5. The predicted molar refractivity (Wildman–Crippen MR) is 78.5 cm³/mol. The van der Waals surface area contributed by atoms with Crippen LogP contribution in [0, 0.1) is 6.92 Å². The van der Waals surface area contributed by atoms with E-state index in [-0.39, 0.29) is 17.7 Å². The van der Waals surface area contributed by atoms with Gasteiger partial charge in [-0.3, -0.25) is 0 Å². The van der Waals surface area contributed by atoms with Crippen LogP contribution in [0.4, 0.5) is 5.69 Å². The van der Waals surface area contributed by atoms with Crippen molar-refractivity contribution in [2.24, 2.45) is 0 Å². The maximum Gasteiger partial charge on any atom is 0.249 e. The largest absolute Gasteiger partial charge is 0.473 e. The van der Waals surface area contributed by atoms with Crippen LogP contribution in [0.5, 0.6) is 17.5 Å². The van der Waals surface area contributed by atoms with Gasteiger partial charge in [0.15, 0.2) is 5.69 Å². The number of nitrogen functional groups attached to an aromatic ring is 1. The fourth-order valence-electron chi connectivity index (χ4n) is 1.56. The summed E-state index contributed by atoms with van der Waals surface area (Å²) in [4.78, 5) is 7.99. The molecule has 0 radical (unpaired) electrons. The number of halogens is 1. The Bertz CT molecular complexity index is 617. The van der Waals surface area contributed by atoms with Gasteiger partial charge in [-0.1, -0.05) is 17.7 Å². The summed E-state index contributed by atoms with van der Waals surface area (Å²) in [6.45, 7) is 5.72. The molecule has 2 rings (SSSR count). The standard InChI is InChI=1S/C14H16ClN3O2/c1-8(2)19-13-12(16)14(18-7-17-13)20-11-5-4-9(3)6-10(11)15/h4-8H,16H2,1-3H3. The maximum atomic E-state index is 6.12. The van der Waals surface area contributed by atoms with Crippen LogP contribution in [-0.2, 0) is 0 Å². The van der Waals surface area contributed by atoms with Crippen molar-refractivity contribution in [3.05, 3.63) is 35.1 Å². The molecular weight excluding hydrogens is 278 g/mol. The highest BCUT2D eigenvalue weighted by Crippen LogP contribution is 2.34. The highest BCUT2D eigenvalue weighted by Gasteiger charge is 2.14. The van der Waals surface area contributed by atoms with Crippen molar-refractivity contribution in [1.82, 2.24) is 9.97 Å². The molecule has 0 saturated heterocycles. The number of anilines is 1. The van der Waals surface area contributed by atoms with Crippen molar-refractivity contribution < 1.29 is 9.47 Å². The van der Waals surface area contributed by atoms with Crippen LogP contribution in [0.2, 0.25) is 5.02 Å². The van der Waals surface area contributed by atoms with Gasteiger partial charge in [0, 0.05) is 0 Å². The van der Waals surface area contributed by atoms with Crippen LogP contribution < -0.4 is 15.2 Å². The number of aryl methyl sites for hydroxylation is 1. The first-order valence-corrected chi connectivity index (χ1v) is 6.56. The molecule has 0 fully saturated rings. The second kappa shape index (κ2) is 5.96. The number of nitrogens with two attached hydrogens (primary N) is 1. The fourth-order valence-corrected chi connectivity index (χ4v) is 1.83. The zero-order valence-corrected chi connectivity index (χ0v) is 12.3. The van der Waals surface area contributed by atoms with E-state index in [1.807, 2.05) is 26.8 Å². The molecule has 0 aliphatic rings. The van der Waals surface area contributed by atoms with Crippen molar-refractivity contribution in [3.63, 3.8) is 0 Å². The van der Waals surface area contributed by atoms with E-state index in [4.69, 9.17) is 26.8 Å². The van der Waals surface area contributed by atoms with Crippen LogP contribution >= 0.6 is 11.6 Å².